The first-order valence-corrected chi connectivity index (χ1v) is 2.17. The van der Waals surface area contributed by atoms with E-state index in [1.165, 1.54) is 0 Å². The SMILES string of the molecule is C=CC(C(=O)O)C(=O)O.[H-].[Li+]. The van der Waals surface area contributed by atoms with E-state index in [4.69, 9.17) is 10.2 Å². The van der Waals surface area contributed by atoms with Crippen LogP contribution in [0.3, 0.4) is 0 Å². The van der Waals surface area contributed by atoms with E-state index in [0.717, 1.165) is 6.08 Å². The Morgan fingerprint density at radius 3 is 1.70 bits per heavy atom. The number of rotatable bonds is 3. The Labute approximate surface area is 71.2 Å². The Bertz CT molecular complexity index is 145. The first kappa shape index (κ1) is 12.0. The molecule has 0 spiro atoms. The molecule has 0 aromatic carbocycles. The molecule has 0 saturated heterocycles. The standard InChI is InChI=1S/C5H6O4.Li.H/c1-2-3(4(6)7)5(8)9;;/h2-3H,1H2,(H,6,7)(H,8,9);;/q;+1;-1. The normalized spacial score (nSPS) is 8.10. The molecule has 0 aliphatic rings. The number of carbonyl (C=O) groups is 2. The average Bonchev–Trinajstić information content (AvgIpc) is 1.64. The number of carboxylic acid groups (broad SMARTS) is 2. The van der Waals surface area contributed by atoms with Gasteiger partial charge in [-0.1, -0.05) is 6.08 Å². The van der Waals surface area contributed by atoms with Gasteiger partial charge in [-0.3, -0.25) is 9.59 Å². The van der Waals surface area contributed by atoms with Gasteiger partial charge in [0.05, 0.1) is 0 Å². The molecule has 0 rings (SSSR count). The fraction of sp³-hybridized carbons (Fsp3) is 0.200. The second-order valence-corrected chi connectivity index (χ2v) is 1.39. The molecule has 0 atom stereocenters. The fourth-order valence-corrected chi connectivity index (χ4v) is 0.307. The molecule has 0 bridgehead atoms. The zero-order valence-electron chi connectivity index (χ0n) is 6.57. The predicted octanol–water partition coefficient (Wildman–Crippen LogP) is -2.93. The molecular weight excluding hydrogens is 131 g/mol. The van der Waals surface area contributed by atoms with E-state index >= 15 is 0 Å². The molecule has 52 valence electrons. The van der Waals surface area contributed by atoms with Crippen molar-refractivity contribution in [1.29, 1.82) is 0 Å². The quantitative estimate of drug-likeness (QED) is 0.249. The van der Waals surface area contributed by atoms with Crippen molar-refractivity contribution < 1.29 is 40.1 Å². The van der Waals surface area contributed by atoms with E-state index in [2.05, 4.69) is 6.58 Å². The molecule has 2 N–H and O–H groups in total. The van der Waals surface area contributed by atoms with Crippen LogP contribution in [0.25, 0.3) is 0 Å². The van der Waals surface area contributed by atoms with Gasteiger partial charge in [-0.2, -0.15) is 0 Å². The summed E-state index contributed by atoms with van der Waals surface area (Å²) in [5, 5.41) is 16.2. The molecule has 0 unspecified atom stereocenters. The van der Waals surface area contributed by atoms with E-state index in [9.17, 15) is 9.59 Å². The summed E-state index contributed by atoms with van der Waals surface area (Å²) in [4.78, 5) is 19.8. The van der Waals surface area contributed by atoms with Crippen molar-refractivity contribution in [2.75, 3.05) is 0 Å². The van der Waals surface area contributed by atoms with Gasteiger partial charge in [0.15, 0.2) is 5.92 Å². The van der Waals surface area contributed by atoms with E-state index in [1.54, 1.807) is 0 Å². The van der Waals surface area contributed by atoms with Gasteiger partial charge >= 0.3 is 30.8 Å². The summed E-state index contributed by atoms with van der Waals surface area (Å²) in [5.41, 5.74) is 0. The number of hydrogen-bond donors (Lipinski definition) is 2. The Morgan fingerprint density at radius 1 is 1.40 bits per heavy atom. The van der Waals surface area contributed by atoms with E-state index in [1.807, 2.05) is 0 Å². The van der Waals surface area contributed by atoms with Crippen LogP contribution in [0.4, 0.5) is 0 Å². The largest absolute Gasteiger partial charge is 1.00 e. The van der Waals surface area contributed by atoms with Crippen LogP contribution in [-0.2, 0) is 9.59 Å². The van der Waals surface area contributed by atoms with Crippen molar-refractivity contribution in [3.05, 3.63) is 12.7 Å². The Morgan fingerprint density at radius 2 is 1.70 bits per heavy atom. The molecule has 10 heavy (non-hydrogen) atoms. The molecule has 0 aromatic rings. The second kappa shape index (κ2) is 5.09. The minimum absolute atomic E-state index is 0. The molecule has 0 aliphatic carbocycles. The summed E-state index contributed by atoms with van der Waals surface area (Å²) in [5.74, 6) is -4.26. The third-order valence-electron chi connectivity index (χ3n) is 0.768. The van der Waals surface area contributed by atoms with Crippen molar-refractivity contribution in [2.24, 2.45) is 5.92 Å². The van der Waals surface area contributed by atoms with Crippen LogP contribution in [0.1, 0.15) is 1.43 Å². The Hall–Kier alpha value is -0.723. The van der Waals surface area contributed by atoms with Crippen LogP contribution >= 0.6 is 0 Å². The molecule has 0 saturated carbocycles. The third kappa shape index (κ3) is 3.33. The molecule has 5 heteroatoms. The zero-order chi connectivity index (χ0) is 7.44. The number of hydrogen-bond acceptors (Lipinski definition) is 2. The molecule has 0 aromatic heterocycles. The molecule has 4 nitrogen and oxygen atoms in total. The van der Waals surface area contributed by atoms with Gasteiger partial charge in [0.25, 0.3) is 0 Å². The minimum Gasteiger partial charge on any atom is -1.00 e. The summed E-state index contributed by atoms with van der Waals surface area (Å²) in [7, 11) is 0. The Balaban J connectivity index is -0.000000320. The van der Waals surface area contributed by atoms with Gasteiger partial charge in [0.1, 0.15) is 0 Å². The van der Waals surface area contributed by atoms with Gasteiger partial charge in [-0.25, -0.2) is 0 Å². The molecule has 0 fully saturated rings. The topological polar surface area (TPSA) is 74.6 Å². The van der Waals surface area contributed by atoms with Gasteiger partial charge in [0, 0.05) is 0 Å². The fourth-order valence-electron chi connectivity index (χ4n) is 0.307. The molecule has 0 aliphatic heterocycles. The van der Waals surface area contributed by atoms with Gasteiger partial charge in [0.2, 0.25) is 0 Å². The summed E-state index contributed by atoms with van der Waals surface area (Å²) in [6.07, 6.45) is 0.866. The van der Waals surface area contributed by atoms with Crippen LogP contribution < -0.4 is 18.9 Å². The average molecular weight is 138 g/mol. The number of carboxylic acids is 2. The van der Waals surface area contributed by atoms with Crippen LogP contribution in [0.5, 0.6) is 0 Å². The van der Waals surface area contributed by atoms with E-state index < -0.39 is 17.9 Å². The van der Waals surface area contributed by atoms with Crippen molar-refractivity contribution >= 4 is 11.9 Å². The maximum Gasteiger partial charge on any atom is 1.00 e. The monoisotopic (exact) mass is 138 g/mol. The first-order chi connectivity index (χ1) is 4.09. The van der Waals surface area contributed by atoms with Gasteiger partial charge in [-0.15, -0.1) is 6.58 Å². The van der Waals surface area contributed by atoms with Crippen LogP contribution in [0.15, 0.2) is 12.7 Å². The number of aliphatic carboxylic acids is 2. The van der Waals surface area contributed by atoms with E-state index in [0.29, 0.717) is 0 Å². The maximum absolute atomic E-state index is 9.92. The van der Waals surface area contributed by atoms with Crippen LogP contribution in [-0.4, -0.2) is 22.2 Å². The van der Waals surface area contributed by atoms with Crippen LogP contribution in [0.2, 0.25) is 0 Å². The summed E-state index contributed by atoms with van der Waals surface area (Å²) in [6, 6.07) is 0. The van der Waals surface area contributed by atoms with Crippen LogP contribution in [0, 0.1) is 5.92 Å². The first-order valence-electron chi connectivity index (χ1n) is 2.17. The second-order valence-electron chi connectivity index (χ2n) is 1.39. The smallest absolute Gasteiger partial charge is 1.00 e. The molecular formula is C5H7LiO4. The Kier molecular flexibility index (Phi) is 6.11. The summed E-state index contributed by atoms with van der Waals surface area (Å²) in [6.45, 7) is 3.04. The van der Waals surface area contributed by atoms with Crippen molar-refractivity contribution in [2.45, 2.75) is 0 Å². The van der Waals surface area contributed by atoms with Crippen molar-refractivity contribution in [3.8, 4) is 0 Å². The van der Waals surface area contributed by atoms with E-state index in [-0.39, 0.29) is 20.3 Å². The van der Waals surface area contributed by atoms with Crippen molar-refractivity contribution in [1.82, 2.24) is 0 Å². The summed E-state index contributed by atoms with van der Waals surface area (Å²) >= 11 is 0. The predicted molar refractivity (Wildman–Crippen MR) is 30.1 cm³/mol. The minimum atomic E-state index is -1.48. The van der Waals surface area contributed by atoms with Gasteiger partial charge < -0.3 is 11.6 Å². The third-order valence-corrected chi connectivity index (χ3v) is 0.768. The zero-order valence-corrected chi connectivity index (χ0v) is 5.57. The maximum atomic E-state index is 9.92. The molecule has 0 amide bonds. The summed E-state index contributed by atoms with van der Waals surface area (Å²) < 4.78 is 0. The molecule has 0 radical (unpaired) electrons. The van der Waals surface area contributed by atoms with Crippen molar-refractivity contribution in [3.63, 3.8) is 0 Å². The molecule has 0 heterocycles. The van der Waals surface area contributed by atoms with Gasteiger partial charge in [-0.05, 0) is 0 Å².